The number of rotatable bonds is 7. The first-order valence-corrected chi connectivity index (χ1v) is 10.1. The van der Waals surface area contributed by atoms with Gasteiger partial charge in [-0.3, -0.25) is 4.98 Å². The van der Waals surface area contributed by atoms with E-state index in [1.807, 2.05) is 43.6 Å². The van der Waals surface area contributed by atoms with E-state index in [0.717, 1.165) is 46.4 Å². The van der Waals surface area contributed by atoms with Crippen LogP contribution in [0.4, 0.5) is 5.69 Å². The number of aliphatic hydroxyl groups is 1. The molecule has 4 N–H and O–H groups in total. The van der Waals surface area contributed by atoms with Crippen LogP contribution in [0.3, 0.4) is 0 Å². The molecule has 3 aromatic heterocycles. The standard InChI is InChI=1S/C23H26N6O/c1-3-6-18(24)20-9-5-8-19(28-20)15-11-21(25-2)17-13-26-29(22(17)12-15)23-10-4-7-16(14-30)27-23/h4-5,7-13,18,25,30H,3,6,14,24H2,1-2H3. The van der Waals surface area contributed by atoms with E-state index >= 15 is 0 Å². The molecule has 7 nitrogen and oxygen atoms in total. The SMILES string of the molecule is CCCC(N)c1cccc(-c2cc(NC)c3cnn(-c4cccc(CO)n4)c3c2)n1. The Labute approximate surface area is 175 Å². The number of hydrogen-bond donors (Lipinski definition) is 3. The van der Waals surface area contributed by atoms with E-state index in [4.69, 9.17) is 10.7 Å². The maximum absolute atomic E-state index is 9.44. The molecule has 3 heterocycles. The summed E-state index contributed by atoms with van der Waals surface area (Å²) in [5.41, 5.74) is 11.5. The summed E-state index contributed by atoms with van der Waals surface area (Å²) in [5, 5.41) is 18.2. The quantitative estimate of drug-likeness (QED) is 0.434. The summed E-state index contributed by atoms with van der Waals surface area (Å²) >= 11 is 0. The average Bonchev–Trinajstić information content (AvgIpc) is 3.23. The van der Waals surface area contributed by atoms with E-state index in [9.17, 15) is 5.11 Å². The Morgan fingerprint density at radius 3 is 2.73 bits per heavy atom. The van der Waals surface area contributed by atoms with Crippen molar-refractivity contribution in [3.05, 3.63) is 66.1 Å². The van der Waals surface area contributed by atoms with Crippen LogP contribution in [-0.4, -0.2) is 31.9 Å². The number of nitrogens with two attached hydrogens (primary N) is 1. The Morgan fingerprint density at radius 2 is 1.97 bits per heavy atom. The first kappa shape index (κ1) is 20.0. The molecule has 0 aliphatic carbocycles. The molecule has 0 amide bonds. The molecule has 0 aliphatic heterocycles. The van der Waals surface area contributed by atoms with Crippen molar-refractivity contribution in [2.45, 2.75) is 32.4 Å². The highest BCUT2D eigenvalue weighted by Gasteiger charge is 2.14. The Morgan fingerprint density at radius 1 is 1.13 bits per heavy atom. The number of hydrogen-bond acceptors (Lipinski definition) is 6. The van der Waals surface area contributed by atoms with Gasteiger partial charge in [-0.2, -0.15) is 5.10 Å². The van der Waals surface area contributed by atoms with E-state index < -0.39 is 0 Å². The Balaban J connectivity index is 1.85. The van der Waals surface area contributed by atoms with Gasteiger partial charge in [0.25, 0.3) is 0 Å². The molecule has 0 radical (unpaired) electrons. The number of benzene rings is 1. The number of fused-ring (bicyclic) bond motifs is 1. The molecule has 1 atom stereocenters. The summed E-state index contributed by atoms with van der Waals surface area (Å²) in [7, 11) is 1.89. The number of aliphatic hydroxyl groups excluding tert-OH is 1. The smallest absolute Gasteiger partial charge is 0.154 e. The number of nitrogens with one attached hydrogen (secondary N) is 1. The fourth-order valence-electron chi connectivity index (χ4n) is 3.61. The largest absolute Gasteiger partial charge is 0.390 e. The molecule has 30 heavy (non-hydrogen) atoms. The van der Waals surface area contributed by atoms with E-state index in [1.165, 1.54) is 0 Å². The summed E-state index contributed by atoms with van der Waals surface area (Å²) in [4.78, 5) is 9.32. The van der Waals surface area contributed by atoms with Gasteiger partial charge in [-0.05, 0) is 42.8 Å². The number of anilines is 1. The fourth-order valence-corrected chi connectivity index (χ4v) is 3.61. The van der Waals surface area contributed by atoms with Gasteiger partial charge in [0.1, 0.15) is 0 Å². The van der Waals surface area contributed by atoms with Gasteiger partial charge in [0, 0.05) is 29.7 Å². The van der Waals surface area contributed by atoms with Crippen molar-refractivity contribution in [3.8, 4) is 17.1 Å². The minimum atomic E-state index is -0.116. The first-order valence-electron chi connectivity index (χ1n) is 10.1. The van der Waals surface area contributed by atoms with Gasteiger partial charge >= 0.3 is 0 Å². The van der Waals surface area contributed by atoms with E-state index in [0.29, 0.717) is 11.5 Å². The van der Waals surface area contributed by atoms with Gasteiger partial charge in [-0.15, -0.1) is 0 Å². The average molecular weight is 403 g/mol. The van der Waals surface area contributed by atoms with Gasteiger partial charge in [0.15, 0.2) is 5.82 Å². The van der Waals surface area contributed by atoms with Crippen molar-refractivity contribution in [3.63, 3.8) is 0 Å². The normalized spacial score (nSPS) is 12.3. The highest BCUT2D eigenvalue weighted by atomic mass is 16.3. The van der Waals surface area contributed by atoms with Crippen LogP contribution >= 0.6 is 0 Å². The van der Waals surface area contributed by atoms with Gasteiger partial charge in [-0.1, -0.05) is 25.5 Å². The minimum absolute atomic E-state index is 0.0709. The lowest BCUT2D eigenvalue weighted by Gasteiger charge is -2.13. The molecule has 0 spiro atoms. The Kier molecular flexibility index (Phi) is 5.74. The Bertz CT molecular complexity index is 1170. The van der Waals surface area contributed by atoms with Crippen LogP contribution < -0.4 is 11.1 Å². The molecule has 0 aliphatic rings. The van der Waals surface area contributed by atoms with Gasteiger partial charge in [0.2, 0.25) is 0 Å². The molecule has 0 saturated carbocycles. The monoisotopic (exact) mass is 402 g/mol. The summed E-state index contributed by atoms with van der Waals surface area (Å²) < 4.78 is 1.78. The second kappa shape index (κ2) is 8.61. The highest BCUT2D eigenvalue weighted by molar-refractivity contribution is 5.96. The molecule has 154 valence electrons. The zero-order valence-corrected chi connectivity index (χ0v) is 17.2. The summed E-state index contributed by atoms with van der Waals surface area (Å²) in [6, 6.07) is 15.6. The predicted molar refractivity (Wildman–Crippen MR) is 119 cm³/mol. The molecular formula is C23H26N6O. The first-order chi connectivity index (χ1) is 14.6. The number of aromatic nitrogens is 4. The van der Waals surface area contributed by atoms with Crippen molar-refractivity contribution < 1.29 is 5.11 Å². The second-order valence-corrected chi connectivity index (χ2v) is 7.25. The predicted octanol–water partition coefficient (Wildman–Crippen LogP) is 3.82. The number of pyridine rings is 2. The molecule has 0 bridgehead atoms. The zero-order valence-electron chi connectivity index (χ0n) is 17.2. The van der Waals surface area contributed by atoms with Gasteiger partial charge in [0.05, 0.1) is 35.4 Å². The molecular weight excluding hydrogens is 376 g/mol. The van der Waals surface area contributed by atoms with Crippen LogP contribution in [0.1, 0.15) is 37.2 Å². The third-order valence-electron chi connectivity index (χ3n) is 5.18. The summed E-state index contributed by atoms with van der Waals surface area (Å²) in [6.07, 6.45) is 3.73. The van der Waals surface area contributed by atoms with Crippen molar-refractivity contribution in [2.24, 2.45) is 5.73 Å². The topological polar surface area (TPSA) is 102 Å². The molecule has 4 rings (SSSR count). The van der Waals surface area contributed by atoms with Crippen molar-refractivity contribution in [2.75, 3.05) is 12.4 Å². The molecule has 1 unspecified atom stereocenters. The second-order valence-electron chi connectivity index (χ2n) is 7.25. The summed E-state index contributed by atoms with van der Waals surface area (Å²) in [6.45, 7) is 2.01. The van der Waals surface area contributed by atoms with Crippen LogP contribution in [0, 0.1) is 0 Å². The van der Waals surface area contributed by atoms with Gasteiger partial charge in [-0.25, -0.2) is 9.67 Å². The van der Waals surface area contributed by atoms with E-state index in [2.05, 4.69) is 34.5 Å². The van der Waals surface area contributed by atoms with Crippen molar-refractivity contribution in [1.82, 2.24) is 19.7 Å². The molecule has 4 aromatic rings. The van der Waals surface area contributed by atoms with Crippen molar-refractivity contribution >= 4 is 16.6 Å². The maximum Gasteiger partial charge on any atom is 0.154 e. The van der Waals surface area contributed by atoms with Gasteiger partial charge < -0.3 is 16.2 Å². The van der Waals surface area contributed by atoms with Crippen LogP contribution in [0.25, 0.3) is 28.0 Å². The number of nitrogens with zero attached hydrogens (tertiary/aromatic N) is 4. The van der Waals surface area contributed by atoms with Crippen molar-refractivity contribution in [1.29, 1.82) is 0 Å². The maximum atomic E-state index is 9.44. The molecule has 0 fully saturated rings. The highest BCUT2D eigenvalue weighted by Crippen LogP contribution is 2.31. The lowest BCUT2D eigenvalue weighted by Crippen LogP contribution is -2.11. The minimum Gasteiger partial charge on any atom is -0.390 e. The van der Waals surface area contributed by atoms with E-state index in [1.54, 1.807) is 10.7 Å². The lowest BCUT2D eigenvalue weighted by atomic mass is 10.0. The lowest BCUT2D eigenvalue weighted by molar-refractivity contribution is 0.276. The molecule has 1 aromatic carbocycles. The third-order valence-corrected chi connectivity index (χ3v) is 5.18. The molecule has 0 saturated heterocycles. The zero-order chi connectivity index (χ0) is 21.1. The molecule has 7 heteroatoms. The van der Waals surface area contributed by atoms with Crippen LogP contribution in [0.15, 0.2) is 54.7 Å². The summed E-state index contributed by atoms with van der Waals surface area (Å²) in [5.74, 6) is 0.655. The fraction of sp³-hybridized carbons (Fsp3) is 0.261. The van der Waals surface area contributed by atoms with E-state index in [-0.39, 0.29) is 12.6 Å². The van der Waals surface area contributed by atoms with Crippen LogP contribution in [-0.2, 0) is 6.61 Å². The van der Waals surface area contributed by atoms with Crippen LogP contribution in [0.2, 0.25) is 0 Å². The van der Waals surface area contributed by atoms with Crippen LogP contribution in [0.5, 0.6) is 0 Å². The third kappa shape index (κ3) is 3.77. The Hall–Kier alpha value is -3.29.